The maximum absolute atomic E-state index is 11.3. The highest BCUT2D eigenvalue weighted by atomic mass is 16.5. The van der Waals surface area contributed by atoms with Crippen LogP contribution in [0.2, 0.25) is 0 Å². The van der Waals surface area contributed by atoms with Crippen molar-refractivity contribution in [1.82, 2.24) is 15.1 Å². The summed E-state index contributed by atoms with van der Waals surface area (Å²) in [5.41, 5.74) is 7.95. The SMILES string of the molecule is CCNC(=NCc1cccc(CN2CCOCC2)c1)N1CCCC(CC(N)=O)C1. The Morgan fingerprint density at radius 2 is 2.07 bits per heavy atom. The molecule has 0 saturated carbocycles. The number of nitrogens with two attached hydrogens (primary N) is 1. The average Bonchev–Trinajstić information content (AvgIpc) is 2.72. The van der Waals surface area contributed by atoms with Gasteiger partial charge in [-0.2, -0.15) is 0 Å². The number of aliphatic imine (C=N–C) groups is 1. The Morgan fingerprint density at radius 3 is 2.83 bits per heavy atom. The summed E-state index contributed by atoms with van der Waals surface area (Å²) in [6, 6.07) is 8.71. The fraction of sp³-hybridized carbons (Fsp3) is 0.636. The Kier molecular flexibility index (Phi) is 8.31. The number of hydrogen-bond acceptors (Lipinski definition) is 4. The molecule has 29 heavy (non-hydrogen) atoms. The predicted octanol–water partition coefficient (Wildman–Crippen LogP) is 1.57. The molecule has 1 aromatic carbocycles. The van der Waals surface area contributed by atoms with Crippen LogP contribution in [0.3, 0.4) is 0 Å². The van der Waals surface area contributed by atoms with E-state index < -0.39 is 0 Å². The first-order chi connectivity index (χ1) is 14.1. The number of carbonyl (C=O) groups is 1. The lowest BCUT2D eigenvalue weighted by molar-refractivity contribution is -0.119. The minimum atomic E-state index is -0.212. The highest BCUT2D eigenvalue weighted by Gasteiger charge is 2.23. The van der Waals surface area contributed by atoms with Crippen molar-refractivity contribution in [2.24, 2.45) is 16.6 Å². The molecule has 0 aliphatic carbocycles. The third-order valence-electron chi connectivity index (χ3n) is 5.56. The van der Waals surface area contributed by atoms with Crippen molar-refractivity contribution >= 4 is 11.9 Å². The third-order valence-corrected chi connectivity index (χ3v) is 5.56. The molecule has 1 unspecified atom stereocenters. The van der Waals surface area contributed by atoms with Crippen LogP contribution in [0.1, 0.15) is 37.3 Å². The van der Waals surface area contributed by atoms with E-state index in [1.807, 2.05) is 0 Å². The van der Waals surface area contributed by atoms with E-state index in [9.17, 15) is 4.79 Å². The fourth-order valence-electron chi connectivity index (χ4n) is 4.14. The molecule has 0 aromatic heterocycles. The van der Waals surface area contributed by atoms with E-state index in [1.165, 1.54) is 11.1 Å². The summed E-state index contributed by atoms with van der Waals surface area (Å²) in [7, 11) is 0. The summed E-state index contributed by atoms with van der Waals surface area (Å²) < 4.78 is 5.44. The van der Waals surface area contributed by atoms with Crippen molar-refractivity contribution in [2.45, 2.75) is 39.3 Å². The summed E-state index contributed by atoms with van der Waals surface area (Å²) in [4.78, 5) is 20.9. The molecule has 0 radical (unpaired) electrons. The molecule has 2 aliphatic rings. The van der Waals surface area contributed by atoms with Gasteiger partial charge in [0, 0.05) is 45.7 Å². The van der Waals surface area contributed by atoms with Crippen LogP contribution >= 0.6 is 0 Å². The Bertz CT molecular complexity index is 688. The number of rotatable bonds is 7. The van der Waals surface area contributed by atoms with Crippen LogP contribution in [0.25, 0.3) is 0 Å². The van der Waals surface area contributed by atoms with Crippen molar-refractivity contribution in [1.29, 1.82) is 0 Å². The molecule has 1 aromatic rings. The van der Waals surface area contributed by atoms with Gasteiger partial charge in [0.25, 0.3) is 0 Å². The van der Waals surface area contributed by atoms with Gasteiger partial charge in [-0.3, -0.25) is 9.69 Å². The van der Waals surface area contributed by atoms with Crippen molar-refractivity contribution in [3.8, 4) is 0 Å². The highest BCUT2D eigenvalue weighted by Crippen LogP contribution is 2.19. The van der Waals surface area contributed by atoms with Gasteiger partial charge >= 0.3 is 0 Å². The van der Waals surface area contributed by atoms with Crippen LogP contribution in [0.4, 0.5) is 0 Å². The van der Waals surface area contributed by atoms with Gasteiger partial charge in [0.15, 0.2) is 5.96 Å². The number of primary amides is 1. The first-order valence-corrected chi connectivity index (χ1v) is 10.8. The Morgan fingerprint density at radius 1 is 1.28 bits per heavy atom. The normalized spacial score (nSPS) is 21.2. The van der Waals surface area contributed by atoms with E-state index in [4.69, 9.17) is 15.5 Å². The Labute approximate surface area is 174 Å². The van der Waals surface area contributed by atoms with Crippen LogP contribution in [-0.2, 0) is 22.6 Å². The van der Waals surface area contributed by atoms with Crippen molar-refractivity contribution in [3.63, 3.8) is 0 Å². The van der Waals surface area contributed by atoms with Crippen LogP contribution in [0, 0.1) is 5.92 Å². The average molecular weight is 402 g/mol. The molecule has 2 aliphatic heterocycles. The number of nitrogens with one attached hydrogen (secondary N) is 1. The minimum absolute atomic E-state index is 0.212. The quantitative estimate of drug-likeness (QED) is 0.535. The molecule has 7 heteroatoms. The lowest BCUT2D eigenvalue weighted by Gasteiger charge is -2.34. The largest absolute Gasteiger partial charge is 0.379 e. The van der Waals surface area contributed by atoms with Gasteiger partial charge in [-0.25, -0.2) is 4.99 Å². The lowest BCUT2D eigenvalue weighted by atomic mass is 9.95. The lowest BCUT2D eigenvalue weighted by Crippen LogP contribution is -2.47. The molecular formula is C22H35N5O2. The van der Waals surface area contributed by atoms with E-state index >= 15 is 0 Å². The molecular weight excluding hydrogens is 366 g/mol. The van der Waals surface area contributed by atoms with Crippen molar-refractivity contribution < 1.29 is 9.53 Å². The summed E-state index contributed by atoms with van der Waals surface area (Å²) in [5.74, 6) is 1.04. The number of hydrogen-bond donors (Lipinski definition) is 2. The molecule has 2 heterocycles. The Balaban J connectivity index is 1.62. The second-order valence-electron chi connectivity index (χ2n) is 8.00. The molecule has 1 atom stereocenters. The standard InChI is InChI=1S/C22H35N5O2/c1-2-24-22(27-8-4-7-20(17-27)14-21(23)28)25-15-18-5-3-6-19(13-18)16-26-9-11-29-12-10-26/h3,5-6,13,20H,2,4,7-12,14-17H2,1H3,(H2,23,28)(H,24,25). The minimum Gasteiger partial charge on any atom is -0.379 e. The molecule has 2 fully saturated rings. The number of likely N-dealkylation sites (tertiary alicyclic amines) is 1. The summed E-state index contributed by atoms with van der Waals surface area (Å²) in [6.45, 7) is 9.96. The molecule has 3 N–H and O–H groups in total. The number of ether oxygens (including phenoxy) is 1. The van der Waals surface area contributed by atoms with Crippen LogP contribution < -0.4 is 11.1 Å². The number of morpholine rings is 1. The van der Waals surface area contributed by atoms with Gasteiger partial charge in [0.2, 0.25) is 5.91 Å². The van der Waals surface area contributed by atoms with E-state index in [0.29, 0.717) is 18.9 Å². The molecule has 0 spiro atoms. The first kappa shape index (κ1) is 21.6. The maximum Gasteiger partial charge on any atom is 0.217 e. The second-order valence-corrected chi connectivity index (χ2v) is 8.00. The van der Waals surface area contributed by atoms with Gasteiger partial charge in [-0.1, -0.05) is 24.3 Å². The zero-order valence-electron chi connectivity index (χ0n) is 17.6. The topological polar surface area (TPSA) is 83.2 Å². The molecule has 3 rings (SSSR count). The molecule has 160 valence electrons. The van der Waals surface area contributed by atoms with Gasteiger partial charge < -0.3 is 20.7 Å². The summed E-state index contributed by atoms with van der Waals surface area (Å²) in [5, 5.41) is 3.41. The fourth-order valence-corrected chi connectivity index (χ4v) is 4.14. The monoisotopic (exact) mass is 401 g/mol. The highest BCUT2D eigenvalue weighted by molar-refractivity contribution is 5.80. The van der Waals surface area contributed by atoms with Crippen LogP contribution in [-0.4, -0.2) is 67.6 Å². The number of nitrogens with zero attached hydrogens (tertiary/aromatic N) is 3. The van der Waals surface area contributed by atoms with Gasteiger partial charge in [-0.15, -0.1) is 0 Å². The molecule has 1 amide bonds. The molecule has 7 nitrogen and oxygen atoms in total. The smallest absolute Gasteiger partial charge is 0.217 e. The first-order valence-electron chi connectivity index (χ1n) is 10.8. The van der Waals surface area contributed by atoms with Crippen LogP contribution in [0.5, 0.6) is 0 Å². The van der Waals surface area contributed by atoms with Gasteiger partial charge in [0.05, 0.1) is 19.8 Å². The predicted molar refractivity (Wildman–Crippen MR) is 115 cm³/mol. The third kappa shape index (κ3) is 7.01. The van der Waals surface area contributed by atoms with Crippen molar-refractivity contribution in [2.75, 3.05) is 45.9 Å². The zero-order valence-corrected chi connectivity index (χ0v) is 17.6. The van der Waals surface area contributed by atoms with E-state index in [1.54, 1.807) is 0 Å². The maximum atomic E-state index is 11.3. The van der Waals surface area contributed by atoms with Crippen LogP contribution in [0.15, 0.2) is 29.3 Å². The van der Waals surface area contributed by atoms with Crippen molar-refractivity contribution in [3.05, 3.63) is 35.4 Å². The molecule has 0 bridgehead atoms. The van der Waals surface area contributed by atoms with E-state index in [-0.39, 0.29) is 5.91 Å². The number of guanidine groups is 1. The number of amides is 1. The summed E-state index contributed by atoms with van der Waals surface area (Å²) in [6.07, 6.45) is 2.58. The number of benzene rings is 1. The van der Waals surface area contributed by atoms with E-state index in [2.05, 4.69) is 46.3 Å². The molecule has 2 saturated heterocycles. The van der Waals surface area contributed by atoms with E-state index in [0.717, 1.165) is 71.3 Å². The second kappa shape index (κ2) is 11.2. The van der Waals surface area contributed by atoms with Gasteiger partial charge in [0.1, 0.15) is 0 Å². The number of carbonyl (C=O) groups excluding carboxylic acids is 1. The number of piperidine rings is 1. The summed E-state index contributed by atoms with van der Waals surface area (Å²) >= 11 is 0. The Hall–Kier alpha value is -2.12. The van der Waals surface area contributed by atoms with Gasteiger partial charge in [-0.05, 0) is 36.8 Å². The zero-order chi connectivity index (χ0) is 20.5.